The first-order valence-electron chi connectivity index (χ1n) is 5.19. The van der Waals surface area contributed by atoms with E-state index in [1.165, 1.54) is 0 Å². The molecule has 14 heavy (non-hydrogen) atoms. The Kier molecular flexibility index (Phi) is 7.80. The molecule has 0 aliphatic heterocycles. The Morgan fingerprint density at radius 1 is 1.36 bits per heavy atom. The fraction of sp³-hybridized carbons (Fsp3) is 0.636. The number of unbranched alkanes of at least 4 members (excludes halogenated alkanes) is 3. The normalized spacial score (nSPS) is 10.6. The highest BCUT2D eigenvalue weighted by atomic mass is 16.1. The summed E-state index contributed by atoms with van der Waals surface area (Å²) in [5.41, 5.74) is 5.14. The monoisotopic (exact) mass is 196 g/mol. The molecule has 3 N–H and O–H groups in total. The van der Waals surface area contributed by atoms with Crippen LogP contribution < -0.4 is 5.73 Å². The number of ketones is 1. The summed E-state index contributed by atoms with van der Waals surface area (Å²) in [6.07, 6.45) is 8.97. The third-order valence-electron chi connectivity index (χ3n) is 2.02. The van der Waals surface area contributed by atoms with Crippen molar-refractivity contribution in [3.05, 3.63) is 12.2 Å². The lowest BCUT2D eigenvalue weighted by molar-refractivity contribution is -0.118. The lowest BCUT2D eigenvalue weighted by atomic mass is 10.1. The van der Waals surface area contributed by atoms with E-state index >= 15 is 0 Å². The molecule has 0 aromatic heterocycles. The van der Waals surface area contributed by atoms with Crippen LogP contribution in [-0.4, -0.2) is 11.6 Å². The molecule has 3 nitrogen and oxygen atoms in total. The van der Waals surface area contributed by atoms with Crippen molar-refractivity contribution in [2.75, 3.05) is 0 Å². The zero-order valence-corrected chi connectivity index (χ0v) is 8.88. The van der Waals surface area contributed by atoms with Gasteiger partial charge in [0.2, 0.25) is 0 Å². The van der Waals surface area contributed by atoms with Gasteiger partial charge in [0.05, 0.1) is 0 Å². The van der Waals surface area contributed by atoms with Crippen LogP contribution in [0.3, 0.4) is 0 Å². The van der Waals surface area contributed by atoms with Crippen molar-refractivity contribution >= 4 is 11.6 Å². The quantitative estimate of drug-likeness (QED) is 0.355. The van der Waals surface area contributed by atoms with Crippen LogP contribution in [-0.2, 0) is 4.79 Å². The average molecular weight is 196 g/mol. The highest BCUT2D eigenvalue weighted by molar-refractivity contribution is 5.88. The number of amidine groups is 1. The summed E-state index contributed by atoms with van der Waals surface area (Å²) < 4.78 is 0. The smallest absolute Gasteiger partial charge is 0.132 e. The summed E-state index contributed by atoms with van der Waals surface area (Å²) >= 11 is 0. The van der Waals surface area contributed by atoms with Crippen LogP contribution in [0.5, 0.6) is 0 Å². The predicted octanol–water partition coefficient (Wildman–Crippen LogP) is 2.41. The van der Waals surface area contributed by atoms with Crippen LogP contribution in [0, 0.1) is 5.41 Å². The van der Waals surface area contributed by atoms with Gasteiger partial charge in [0.1, 0.15) is 11.6 Å². The van der Waals surface area contributed by atoms with E-state index in [0.717, 1.165) is 25.7 Å². The van der Waals surface area contributed by atoms with E-state index in [1.807, 2.05) is 13.0 Å². The molecule has 0 saturated heterocycles. The van der Waals surface area contributed by atoms with Gasteiger partial charge in [-0.1, -0.05) is 19.4 Å². The second kappa shape index (κ2) is 8.48. The van der Waals surface area contributed by atoms with Crippen molar-refractivity contribution in [2.24, 2.45) is 5.73 Å². The highest BCUT2D eigenvalue weighted by Crippen LogP contribution is 2.05. The van der Waals surface area contributed by atoms with Gasteiger partial charge in [-0.05, 0) is 25.3 Å². The number of carbonyl (C=O) groups excluding carboxylic acids is 1. The molecule has 0 aromatic rings. The molecule has 0 radical (unpaired) electrons. The van der Waals surface area contributed by atoms with Crippen LogP contribution in [0.15, 0.2) is 12.2 Å². The molecule has 0 spiro atoms. The fourth-order valence-electron chi connectivity index (χ4n) is 1.15. The average Bonchev–Trinajstić information content (AvgIpc) is 2.15. The van der Waals surface area contributed by atoms with Gasteiger partial charge in [-0.2, -0.15) is 0 Å². The fourth-order valence-corrected chi connectivity index (χ4v) is 1.15. The second-order valence-corrected chi connectivity index (χ2v) is 3.35. The minimum Gasteiger partial charge on any atom is -0.384 e. The van der Waals surface area contributed by atoms with Crippen molar-refractivity contribution in [3.63, 3.8) is 0 Å². The third-order valence-corrected chi connectivity index (χ3v) is 2.02. The lowest BCUT2D eigenvalue weighted by Crippen LogP contribution is -2.03. The van der Waals surface area contributed by atoms with Crippen molar-refractivity contribution in [1.29, 1.82) is 5.41 Å². The summed E-state index contributed by atoms with van der Waals surface area (Å²) in [6, 6.07) is 0. The molecule has 0 aliphatic rings. The van der Waals surface area contributed by atoms with E-state index in [1.54, 1.807) is 6.08 Å². The SMILES string of the molecule is CCC(=O)CCCCC/C=C/C(=N)N. The van der Waals surface area contributed by atoms with Crippen LogP contribution in [0.1, 0.15) is 45.4 Å². The van der Waals surface area contributed by atoms with Gasteiger partial charge in [0.15, 0.2) is 0 Å². The van der Waals surface area contributed by atoms with Crippen LogP contribution >= 0.6 is 0 Å². The maximum atomic E-state index is 10.9. The zero-order valence-electron chi connectivity index (χ0n) is 8.88. The number of hydrogen-bond donors (Lipinski definition) is 2. The first kappa shape index (κ1) is 12.9. The van der Waals surface area contributed by atoms with Crippen LogP contribution in [0.2, 0.25) is 0 Å². The molecule has 0 unspecified atom stereocenters. The van der Waals surface area contributed by atoms with Crippen molar-refractivity contribution < 1.29 is 4.79 Å². The topological polar surface area (TPSA) is 66.9 Å². The second-order valence-electron chi connectivity index (χ2n) is 3.35. The highest BCUT2D eigenvalue weighted by Gasteiger charge is 1.96. The van der Waals surface area contributed by atoms with Gasteiger partial charge in [0, 0.05) is 12.8 Å². The first-order chi connectivity index (χ1) is 6.66. The molecule has 0 atom stereocenters. The van der Waals surface area contributed by atoms with Crippen LogP contribution in [0.4, 0.5) is 0 Å². The largest absolute Gasteiger partial charge is 0.384 e. The Hall–Kier alpha value is -1.12. The molecule has 0 bridgehead atoms. The number of Topliss-reactive ketones (excluding diaryl/α,β-unsaturated/α-hetero) is 1. The third kappa shape index (κ3) is 8.97. The number of carbonyl (C=O) groups is 1. The Labute approximate surface area is 85.9 Å². The molecule has 0 aliphatic carbocycles. The molecule has 0 rings (SSSR count). The Bertz CT molecular complexity index is 209. The summed E-state index contributed by atoms with van der Waals surface area (Å²) in [6.45, 7) is 1.90. The number of rotatable bonds is 8. The van der Waals surface area contributed by atoms with Gasteiger partial charge in [-0.3, -0.25) is 10.2 Å². The standard InChI is InChI=1S/C11H20N2O/c1-2-10(14)8-6-4-3-5-7-9-11(12)13/h7,9H,2-6,8H2,1H3,(H3,12,13)/b9-7+. The van der Waals surface area contributed by atoms with Crippen LogP contribution in [0.25, 0.3) is 0 Å². The van der Waals surface area contributed by atoms with E-state index in [4.69, 9.17) is 11.1 Å². The molecule has 80 valence electrons. The number of hydrogen-bond acceptors (Lipinski definition) is 2. The van der Waals surface area contributed by atoms with Gasteiger partial charge < -0.3 is 5.73 Å². The van der Waals surface area contributed by atoms with E-state index in [0.29, 0.717) is 18.6 Å². The van der Waals surface area contributed by atoms with Gasteiger partial charge in [-0.25, -0.2) is 0 Å². The van der Waals surface area contributed by atoms with Gasteiger partial charge >= 0.3 is 0 Å². The summed E-state index contributed by atoms with van der Waals surface area (Å²) in [5, 5.41) is 6.94. The lowest BCUT2D eigenvalue weighted by Gasteiger charge is -1.97. The Balaban J connectivity index is 3.22. The minimum absolute atomic E-state index is 0.103. The maximum absolute atomic E-state index is 10.9. The van der Waals surface area contributed by atoms with Crippen molar-refractivity contribution in [2.45, 2.75) is 45.4 Å². The minimum atomic E-state index is 0.103. The molecule has 0 fully saturated rings. The van der Waals surface area contributed by atoms with E-state index < -0.39 is 0 Å². The van der Waals surface area contributed by atoms with Crippen molar-refractivity contribution in [3.8, 4) is 0 Å². The Morgan fingerprint density at radius 2 is 2.07 bits per heavy atom. The molecule has 0 heterocycles. The molecule has 0 amide bonds. The maximum Gasteiger partial charge on any atom is 0.132 e. The number of allylic oxidation sites excluding steroid dienone is 1. The summed E-state index contributed by atoms with van der Waals surface area (Å²) in [4.78, 5) is 10.9. The molecular formula is C11H20N2O. The molecular weight excluding hydrogens is 176 g/mol. The predicted molar refractivity (Wildman–Crippen MR) is 59.4 cm³/mol. The number of nitrogens with one attached hydrogen (secondary N) is 1. The van der Waals surface area contributed by atoms with E-state index in [9.17, 15) is 4.79 Å². The number of nitrogens with two attached hydrogens (primary N) is 1. The van der Waals surface area contributed by atoms with Crippen molar-refractivity contribution in [1.82, 2.24) is 0 Å². The molecule has 3 heteroatoms. The zero-order chi connectivity index (χ0) is 10.8. The summed E-state index contributed by atoms with van der Waals surface area (Å²) in [5.74, 6) is 0.454. The summed E-state index contributed by atoms with van der Waals surface area (Å²) in [7, 11) is 0. The van der Waals surface area contributed by atoms with E-state index in [2.05, 4.69) is 0 Å². The molecule has 0 aromatic carbocycles. The van der Waals surface area contributed by atoms with E-state index in [-0.39, 0.29) is 5.84 Å². The molecule has 0 saturated carbocycles. The Morgan fingerprint density at radius 3 is 2.64 bits per heavy atom. The first-order valence-corrected chi connectivity index (χ1v) is 5.19. The van der Waals surface area contributed by atoms with Gasteiger partial charge in [0.25, 0.3) is 0 Å². The van der Waals surface area contributed by atoms with Gasteiger partial charge in [-0.15, -0.1) is 0 Å².